The molecule has 6 heteroatoms. The number of carbonyl (C=O) groups is 2. The van der Waals surface area contributed by atoms with E-state index in [0.717, 1.165) is 16.7 Å². The standard InChI is InChI=1S/C26H21Cl3O3/c27-21-10-6-18(7-11-21)8-13-24(30)26(15-14-25(31)32,20-4-2-1-3-5-20)17-19-9-12-22(28)16-23(19)29/h1-13,16H,14-15,17H2,(H,31,32). The third-order valence-corrected chi connectivity index (χ3v) is 6.21. The van der Waals surface area contributed by atoms with Gasteiger partial charge in [0.25, 0.3) is 0 Å². The molecule has 0 bridgehead atoms. The summed E-state index contributed by atoms with van der Waals surface area (Å²) >= 11 is 18.4. The van der Waals surface area contributed by atoms with Crippen molar-refractivity contribution in [1.29, 1.82) is 0 Å². The molecule has 32 heavy (non-hydrogen) atoms. The number of ketones is 1. The zero-order valence-corrected chi connectivity index (χ0v) is 19.4. The van der Waals surface area contributed by atoms with Gasteiger partial charge in [-0.25, -0.2) is 0 Å². The number of rotatable bonds is 9. The van der Waals surface area contributed by atoms with Gasteiger partial charge in [-0.2, -0.15) is 0 Å². The number of hydrogen-bond donors (Lipinski definition) is 1. The summed E-state index contributed by atoms with van der Waals surface area (Å²) < 4.78 is 0. The normalized spacial score (nSPS) is 13.1. The highest BCUT2D eigenvalue weighted by atomic mass is 35.5. The summed E-state index contributed by atoms with van der Waals surface area (Å²) in [6.45, 7) is 0. The number of aliphatic carboxylic acids is 1. The first kappa shape index (κ1) is 24.1. The van der Waals surface area contributed by atoms with Crippen molar-refractivity contribution in [2.45, 2.75) is 24.7 Å². The van der Waals surface area contributed by atoms with Gasteiger partial charge in [-0.1, -0.05) is 89.4 Å². The van der Waals surface area contributed by atoms with Crippen LogP contribution in [0.3, 0.4) is 0 Å². The Morgan fingerprint density at radius 2 is 1.53 bits per heavy atom. The summed E-state index contributed by atoms with van der Waals surface area (Å²) in [6, 6.07) is 21.4. The second-order valence-electron chi connectivity index (χ2n) is 7.50. The first-order valence-electron chi connectivity index (χ1n) is 9.99. The summed E-state index contributed by atoms with van der Waals surface area (Å²) in [5.41, 5.74) is 1.16. The average Bonchev–Trinajstić information content (AvgIpc) is 2.78. The van der Waals surface area contributed by atoms with E-state index >= 15 is 0 Å². The van der Waals surface area contributed by atoms with Gasteiger partial charge >= 0.3 is 5.97 Å². The molecule has 3 rings (SSSR count). The molecule has 0 spiro atoms. The molecular formula is C26H21Cl3O3. The fourth-order valence-corrected chi connectivity index (χ4v) is 4.26. The van der Waals surface area contributed by atoms with Gasteiger partial charge in [0.2, 0.25) is 0 Å². The van der Waals surface area contributed by atoms with Crippen LogP contribution in [0.15, 0.2) is 78.9 Å². The third-order valence-electron chi connectivity index (χ3n) is 5.37. The maximum Gasteiger partial charge on any atom is 0.303 e. The molecule has 0 aliphatic rings. The minimum absolute atomic E-state index is 0.120. The van der Waals surface area contributed by atoms with E-state index in [-0.39, 0.29) is 25.0 Å². The van der Waals surface area contributed by atoms with Gasteiger partial charge in [-0.3, -0.25) is 9.59 Å². The van der Waals surface area contributed by atoms with Crippen LogP contribution >= 0.6 is 34.8 Å². The topological polar surface area (TPSA) is 54.4 Å². The number of allylic oxidation sites excluding steroid dienone is 1. The smallest absolute Gasteiger partial charge is 0.303 e. The Bertz CT molecular complexity index is 1120. The fraction of sp³-hybridized carbons (Fsp3) is 0.154. The zero-order valence-electron chi connectivity index (χ0n) is 17.1. The van der Waals surface area contributed by atoms with Crippen LogP contribution in [0.5, 0.6) is 0 Å². The predicted molar refractivity (Wildman–Crippen MR) is 131 cm³/mol. The Morgan fingerprint density at radius 3 is 2.16 bits per heavy atom. The lowest BCUT2D eigenvalue weighted by Crippen LogP contribution is -2.38. The van der Waals surface area contributed by atoms with Crippen molar-refractivity contribution in [2.24, 2.45) is 0 Å². The minimum atomic E-state index is -1.11. The predicted octanol–water partition coefficient (Wildman–Crippen LogP) is 7.27. The summed E-state index contributed by atoms with van der Waals surface area (Å²) in [5.74, 6) is -1.17. The molecule has 0 aliphatic carbocycles. The second-order valence-corrected chi connectivity index (χ2v) is 8.78. The maximum atomic E-state index is 13.7. The number of carboxylic acid groups (broad SMARTS) is 1. The third kappa shape index (κ3) is 6.01. The molecular weight excluding hydrogens is 467 g/mol. The Kier molecular flexibility index (Phi) is 8.14. The monoisotopic (exact) mass is 486 g/mol. The van der Waals surface area contributed by atoms with Crippen LogP contribution in [0.25, 0.3) is 6.08 Å². The second kappa shape index (κ2) is 10.8. The highest BCUT2D eigenvalue weighted by Gasteiger charge is 2.39. The summed E-state index contributed by atoms with van der Waals surface area (Å²) in [4.78, 5) is 25.2. The van der Waals surface area contributed by atoms with Crippen LogP contribution in [0, 0.1) is 0 Å². The lowest BCUT2D eigenvalue weighted by Gasteiger charge is -2.32. The van der Waals surface area contributed by atoms with E-state index in [0.29, 0.717) is 15.1 Å². The molecule has 0 fully saturated rings. The number of carboxylic acids is 1. The molecule has 3 nitrogen and oxygen atoms in total. The Balaban J connectivity index is 2.08. The van der Waals surface area contributed by atoms with Crippen molar-refractivity contribution in [2.75, 3.05) is 0 Å². The van der Waals surface area contributed by atoms with E-state index in [1.165, 1.54) is 6.08 Å². The van der Waals surface area contributed by atoms with Gasteiger partial charge in [0.15, 0.2) is 5.78 Å². The molecule has 1 N–H and O–H groups in total. The van der Waals surface area contributed by atoms with E-state index in [4.69, 9.17) is 34.8 Å². The molecule has 0 saturated heterocycles. The molecule has 0 aliphatic heterocycles. The van der Waals surface area contributed by atoms with Gasteiger partial charge in [-0.05, 0) is 59.9 Å². The van der Waals surface area contributed by atoms with Crippen molar-refractivity contribution in [3.05, 3.63) is 111 Å². The maximum absolute atomic E-state index is 13.7. The van der Waals surface area contributed by atoms with Crippen LogP contribution in [-0.2, 0) is 21.4 Å². The van der Waals surface area contributed by atoms with Crippen molar-refractivity contribution >= 4 is 52.6 Å². The molecule has 0 saturated carbocycles. The van der Waals surface area contributed by atoms with Gasteiger partial charge in [0.05, 0.1) is 5.41 Å². The molecule has 0 aromatic heterocycles. The van der Waals surface area contributed by atoms with E-state index < -0.39 is 11.4 Å². The molecule has 1 atom stereocenters. The largest absolute Gasteiger partial charge is 0.481 e. The van der Waals surface area contributed by atoms with E-state index in [1.54, 1.807) is 36.4 Å². The van der Waals surface area contributed by atoms with Gasteiger partial charge < -0.3 is 5.11 Å². The lowest BCUT2D eigenvalue weighted by atomic mass is 9.69. The Labute approximate surface area is 202 Å². The molecule has 0 heterocycles. The van der Waals surface area contributed by atoms with Crippen molar-refractivity contribution in [3.63, 3.8) is 0 Å². The van der Waals surface area contributed by atoms with Crippen molar-refractivity contribution < 1.29 is 14.7 Å². The summed E-state index contributed by atoms with van der Waals surface area (Å²) in [5, 5.41) is 10.9. The number of carbonyl (C=O) groups excluding carboxylic acids is 1. The SMILES string of the molecule is O=C(O)CCC(Cc1ccc(Cl)cc1Cl)(C(=O)C=Cc1ccc(Cl)cc1)c1ccccc1. The van der Waals surface area contributed by atoms with Gasteiger partial charge in [0.1, 0.15) is 0 Å². The molecule has 164 valence electrons. The Hall–Kier alpha value is -2.59. The van der Waals surface area contributed by atoms with Crippen LogP contribution < -0.4 is 0 Å². The van der Waals surface area contributed by atoms with Crippen LogP contribution in [0.2, 0.25) is 15.1 Å². The molecule has 0 amide bonds. The highest BCUT2D eigenvalue weighted by molar-refractivity contribution is 6.35. The molecule has 3 aromatic carbocycles. The Morgan fingerprint density at radius 1 is 0.875 bits per heavy atom. The first-order chi connectivity index (χ1) is 15.3. The quantitative estimate of drug-likeness (QED) is 0.323. The van der Waals surface area contributed by atoms with Crippen LogP contribution in [-0.4, -0.2) is 16.9 Å². The average molecular weight is 488 g/mol. The number of halogens is 3. The molecule has 3 aromatic rings. The molecule has 0 radical (unpaired) electrons. The summed E-state index contributed by atoms with van der Waals surface area (Å²) in [6.07, 6.45) is 3.41. The first-order valence-corrected chi connectivity index (χ1v) is 11.1. The summed E-state index contributed by atoms with van der Waals surface area (Å²) in [7, 11) is 0. The number of hydrogen-bond acceptors (Lipinski definition) is 2. The van der Waals surface area contributed by atoms with E-state index in [1.807, 2.05) is 42.5 Å². The number of benzene rings is 3. The van der Waals surface area contributed by atoms with Gasteiger partial charge in [0, 0.05) is 21.5 Å². The van der Waals surface area contributed by atoms with E-state index in [2.05, 4.69) is 0 Å². The van der Waals surface area contributed by atoms with Crippen molar-refractivity contribution in [1.82, 2.24) is 0 Å². The van der Waals surface area contributed by atoms with Crippen molar-refractivity contribution in [3.8, 4) is 0 Å². The fourth-order valence-electron chi connectivity index (χ4n) is 3.66. The minimum Gasteiger partial charge on any atom is -0.481 e. The highest BCUT2D eigenvalue weighted by Crippen LogP contribution is 2.37. The lowest BCUT2D eigenvalue weighted by molar-refractivity contribution is -0.137. The van der Waals surface area contributed by atoms with Gasteiger partial charge in [-0.15, -0.1) is 0 Å². The van der Waals surface area contributed by atoms with E-state index in [9.17, 15) is 14.7 Å². The van der Waals surface area contributed by atoms with Crippen LogP contribution in [0.4, 0.5) is 0 Å². The molecule has 1 unspecified atom stereocenters. The zero-order chi connectivity index (χ0) is 23.1. The van der Waals surface area contributed by atoms with Crippen LogP contribution in [0.1, 0.15) is 29.5 Å².